The van der Waals surface area contributed by atoms with Gasteiger partial charge in [0.05, 0.1) is 19.5 Å². The summed E-state index contributed by atoms with van der Waals surface area (Å²) >= 11 is 0. The van der Waals surface area contributed by atoms with Gasteiger partial charge < -0.3 is 9.47 Å². The van der Waals surface area contributed by atoms with E-state index in [0.717, 1.165) is 6.26 Å². The summed E-state index contributed by atoms with van der Waals surface area (Å²) in [5.74, 6) is -1.32. The van der Waals surface area contributed by atoms with E-state index < -0.39 is 27.6 Å². The van der Waals surface area contributed by atoms with Crippen molar-refractivity contribution in [3.05, 3.63) is 11.7 Å². The first-order valence-corrected chi connectivity index (χ1v) is 14.2. The Morgan fingerprint density at radius 2 is 1.69 bits per heavy atom. The molecule has 3 saturated carbocycles. The molecule has 0 aliphatic heterocycles. The van der Waals surface area contributed by atoms with Gasteiger partial charge in [-0.1, -0.05) is 13.8 Å². The van der Waals surface area contributed by atoms with Crippen LogP contribution in [0.4, 0.5) is 8.78 Å². The van der Waals surface area contributed by atoms with Crippen molar-refractivity contribution in [2.45, 2.75) is 78.7 Å². The van der Waals surface area contributed by atoms with Gasteiger partial charge in [0, 0.05) is 25.3 Å². The van der Waals surface area contributed by atoms with Gasteiger partial charge in [-0.25, -0.2) is 0 Å². The minimum absolute atomic E-state index is 0.0248. The Morgan fingerprint density at radius 3 is 2.26 bits per heavy atom. The normalized spacial score (nSPS) is 37.5. The molecule has 7 nitrogen and oxygen atoms in total. The van der Waals surface area contributed by atoms with E-state index in [1.165, 1.54) is 13.8 Å². The summed E-state index contributed by atoms with van der Waals surface area (Å²) in [6.45, 7) is 6.80. The molecular weight excluding hydrogens is 482 g/mol. The third-order valence-corrected chi connectivity index (χ3v) is 9.64. The average molecular weight is 521 g/mol. The summed E-state index contributed by atoms with van der Waals surface area (Å²) in [7, 11) is -3.72. The predicted molar refractivity (Wildman–Crippen MR) is 125 cm³/mol. The molecule has 0 spiro atoms. The van der Waals surface area contributed by atoms with Gasteiger partial charge in [0.25, 0.3) is 16.2 Å². The van der Waals surface area contributed by atoms with E-state index in [-0.39, 0.29) is 59.9 Å². The van der Waals surface area contributed by atoms with Crippen LogP contribution in [0.1, 0.15) is 72.6 Å². The molecule has 3 rings (SSSR count). The minimum Gasteiger partial charge on any atom is -0.466 e. The molecule has 0 aromatic heterocycles. The molecule has 0 aromatic carbocycles. The summed E-state index contributed by atoms with van der Waals surface area (Å²) in [6.07, 6.45) is 2.98. The van der Waals surface area contributed by atoms with Crippen molar-refractivity contribution in [2.24, 2.45) is 34.5 Å². The number of fused-ring (bicyclic) bond motifs is 1. The molecule has 7 atom stereocenters. The Balaban J connectivity index is 1.97. The minimum atomic E-state index is -3.72. The van der Waals surface area contributed by atoms with Gasteiger partial charge in [-0.2, -0.15) is 17.2 Å². The Bertz CT molecular complexity index is 961. The van der Waals surface area contributed by atoms with Gasteiger partial charge >= 0.3 is 11.9 Å². The van der Waals surface area contributed by atoms with Crippen LogP contribution in [-0.4, -0.2) is 45.9 Å². The van der Waals surface area contributed by atoms with Crippen molar-refractivity contribution in [3.8, 4) is 0 Å². The Labute approximate surface area is 207 Å². The molecule has 3 fully saturated rings. The standard InChI is InChI=1S/C25H38F2O7S/c1-15(28)32-13-17-12-18(34-16(2)29)8-10-24(17,3)21-9-11-25(4)20(6-7-22(25)23(26)27)19(21)14-33-35(5,30)31/h17-21H,6-14H2,1-5H3/t17-,18+,19+,20?,21?,24+,25+/m1/s1. The number of rotatable bonds is 7. The molecule has 10 heteroatoms. The van der Waals surface area contributed by atoms with Crippen LogP contribution in [-0.2, 0) is 33.4 Å². The molecule has 200 valence electrons. The van der Waals surface area contributed by atoms with Crippen molar-refractivity contribution >= 4 is 22.1 Å². The Kier molecular flexibility index (Phi) is 8.36. The van der Waals surface area contributed by atoms with Crippen molar-refractivity contribution in [3.63, 3.8) is 0 Å². The van der Waals surface area contributed by atoms with E-state index in [4.69, 9.17) is 13.7 Å². The summed E-state index contributed by atoms with van der Waals surface area (Å²) in [5.41, 5.74) is -0.887. The molecule has 0 saturated heterocycles. The molecule has 0 radical (unpaired) electrons. The number of hydrogen-bond donors (Lipinski definition) is 0. The quantitative estimate of drug-likeness (QED) is 0.349. The highest BCUT2D eigenvalue weighted by atomic mass is 32.2. The number of ether oxygens (including phenoxy) is 2. The van der Waals surface area contributed by atoms with Crippen LogP contribution in [0, 0.1) is 34.5 Å². The molecule has 0 aromatic rings. The molecule has 3 aliphatic rings. The molecule has 0 heterocycles. The van der Waals surface area contributed by atoms with Crippen LogP contribution in [0.3, 0.4) is 0 Å². The third-order valence-electron chi connectivity index (χ3n) is 9.08. The largest absolute Gasteiger partial charge is 0.466 e. The van der Waals surface area contributed by atoms with Crippen LogP contribution in [0.25, 0.3) is 0 Å². The highest BCUT2D eigenvalue weighted by Crippen LogP contribution is 2.64. The Hall–Kier alpha value is -1.55. The zero-order valence-corrected chi connectivity index (χ0v) is 22.1. The average Bonchev–Trinajstić information content (AvgIpc) is 3.08. The van der Waals surface area contributed by atoms with E-state index in [2.05, 4.69) is 6.92 Å². The number of halogens is 2. The molecule has 2 unspecified atom stereocenters. The first kappa shape index (κ1) is 28.0. The fraction of sp³-hybridized carbons (Fsp3) is 0.840. The van der Waals surface area contributed by atoms with E-state index in [9.17, 15) is 26.8 Å². The van der Waals surface area contributed by atoms with E-state index in [0.29, 0.717) is 44.9 Å². The van der Waals surface area contributed by atoms with Crippen LogP contribution in [0.2, 0.25) is 0 Å². The maximum absolute atomic E-state index is 13.8. The highest BCUT2D eigenvalue weighted by Gasteiger charge is 2.58. The summed E-state index contributed by atoms with van der Waals surface area (Å²) in [6, 6.07) is 0. The lowest BCUT2D eigenvalue weighted by Gasteiger charge is -2.56. The third kappa shape index (κ3) is 6.06. The molecular formula is C25H38F2O7S. The fourth-order valence-corrected chi connectivity index (χ4v) is 7.76. The zero-order chi connectivity index (χ0) is 26.2. The predicted octanol–water partition coefficient (Wildman–Crippen LogP) is 4.86. The second-order valence-electron chi connectivity index (χ2n) is 11.1. The smallest absolute Gasteiger partial charge is 0.302 e. The lowest BCUT2D eigenvalue weighted by Crippen LogP contribution is -2.52. The maximum atomic E-state index is 13.8. The molecule has 0 amide bonds. The number of carbonyl (C=O) groups is 2. The van der Waals surface area contributed by atoms with Crippen LogP contribution in [0.15, 0.2) is 11.7 Å². The highest BCUT2D eigenvalue weighted by molar-refractivity contribution is 7.85. The van der Waals surface area contributed by atoms with Crippen LogP contribution >= 0.6 is 0 Å². The SMILES string of the molecule is CC(=O)OC[C@H]1C[C@@H](OC(C)=O)CC[C@]1(C)C1CC[C@]2(C)C(=C(F)F)CCC2[C@@H]1COS(C)(=O)=O. The lowest BCUT2D eigenvalue weighted by molar-refractivity contribution is -0.161. The van der Waals surface area contributed by atoms with Gasteiger partial charge in [-0.3, -0.25) is 13.8 Å². The number of esters is 2. The van der Waals surface area contributed by atoms with E-state index >= 15 is 0 Å². The summed E-state index contributed by atoms with van der Waals surface area (Å²) in [4.78, 5) is 23.2. The van der Waals surface area contributed by atoms with Crippen molar-refractivity contribution in [1.29, 1.82) is 0 Å². The topological polar surface area (TPSA) is 96.0 Å². The first-order valence-electron chi connectivity index (χ1n) is 12.4. The fourth-order valence-electron chi connectivity index (χ4n) is 7.35. The molecule has 0 bridgehead atoms. The summed E-state index contributed by atoms with van der Waals surface area (Å²) < 4.78 is 67.7. The van der Waals surface area contributed by atoms with Crippen molar-refractivity contribution < 1.29 is 40.4 Å². The first-order chi connectivity index (χ1) is 16.2. The van der Waals surface area contributed by atoms with Gasteiger partial charge in [0.15, 0.2) is 0 Å². The zero-order valence-electron chi connectivity index (χ0n) is 21.3. The van der Waals surface area contributed by atoms with Gasteiger partial charge in [0.2, 0.25) is 0 Å². The van der Waals surface area contributed by atoms with E-state index in [1.54, 1.807) is 0 Å². The van der Waals surface area contributed by atoms with Gasteiger partial charge in [-0.05, 0) is 73.5 Å². The molecule has 0 N–H and O–H groups in total. The number of carbonyl (C=O) groups excluding carboxylic acids is 2. The number of allylic oxidation sites excluding steroid dienone is 1. The van der Waals surface area contributed by atoms with Gasteiger partial charge in [0.1, 0.15) is 6.10 Å². The van der Waals surface area contributed by atoms with E-state index in [1.807, 2.05) is 6.92 Å². The van der Waals surface area contributed by atoms with Crippen LogP contribution < -0.4 is 0 Å². The monoisotopic (exact) mass is 520 g/mol. The van der Waals surface area contributed by atoms with Crippen molar-refractivity contribution in [1.82, 2.24) is 0 Å². The number of hydrogen-bond acceptors (Lipinski definition) is 7. The summed E-state index contributed by atoms with van der Waals surface area (Å²) in [5, 5.41) is 0. The maximum Gasteiger partial charge on any atom is 0.302 e. The molecule has 3 aliphatic carbocycles. The van der Waals surface area contributed by atoms with Crippen LogP contribution in [0.5, 0.6) is 0 Å². The second kappa shape index (κ2) is 10.4. The Morgan fingerprint density at radius 1 is 1.00 bits per heavy atom. The van der Waals surface area contributed by atoms with Gasteiger partial charge in [-0.15, -0.1) is 0 Å². The lowest BCUT2D eigenvalue weighted by atomic mass is 9.49. The second-order valence-corrected chi connectivity index (χ2v) is 12.8. The van der Waals surface area contributed by atoms with Crippen molar-refractivity contribution in [2.75, 3.05) is 19.5 Å². The molecule has 35 heavy (non-hydrogen) atoms.